The lowest BCUT2D eigenvalue weighted by molar-refractivity contribution is 0.440. The van der Waals surface area contributed by atoms with E-state index in [-0.39, 0.29) is 5.41 Å². The first-order valence-electron chi connectivity index (χ1n) is 5.19. The number of hydrogen-bond donors (Lipinski definition) is 1. The zero-order valence-corrected chi connectivity index (χ0v) is 9.98. The standard InChI is InChI=1S/C11H14Cl2N2/c12-8-5-9(13)10(15-6-8)11(7-14)3-1-2-4-11/h5-6H,1-4,7,14H2. The third-order valence-electron chi connectivity index (χ3n) is 3.26. The Hall–Kier alpha value is -0.310. The van der Waals surface area contributed by atoms with Crippen LogP contribution in [0.4, 0.5) is 0 Å². The Morgan fingerprint density at radius 2 is 2.00 bits per heavy atom. The van der Waals surface area contributed by atoms with Crippen molar-refractivity contribution in [1.29, 1.82) is 0 Å². The molecule has 0 spiro atoms. The molecule has 1 heterocycles. The largest absolute Gasteiger partial charge is 0.330 e. The van der Waals surface area contributed by atoms with Gasteiger partial charge in [0.05, 0.1) is 15.7 Å². The van der Waals surface area contributed by atoms with E-state index in [1.165, 1.54) is 12.8 Å². The van der Waals surface area contributed by atoms with Gasteiger partial charge in [-0.05, 0) is 18.9 Å². The number of hydrogen-bond acceptors (Lipinski definition) is 2. The van der Waals surface area contributed by atoms with Gasteiger partial charge in [-0.3, -0.25) is 4.98 Å². The van der Waals surface area contributed by atoms with E-state index in [0.717, 1.165) is 18.5 Å². The number of nitrogens with two attached hydrogens (primary N) is 1. The van der Waals surface area contributed by atoms with Crippen LogP contribution in [0.5, 0.6) is 0 Å². The number of aromatic nitrogens is 1. The van der Waals surface area contributed by atoms with E-state index in [1.54, 1.807) is 12.3 Å². The molecule has 0 atom stereocenters. The van der Waals surface area contributed by atoms with Crippen molar-refractivity contribution in [3.05, 3.63) is 28.0 Å². The molecule has 1 aliphatic carbocycles. The van der Waals surface area contributed by atoms with E-state index in [9.17, 15) is 0 Å². The smallest absolute Gasteiger partial charge is 0.0665 e. The topological polar surface area (TPSA) is 38.9 Å². The first-order chi connectivity index (χ1) is 7.18. The first kappa shape index (κ1) is 11.2. The zero-order chi connectivity index (χ0) is 10.9. The summed E-state index contributed by atoms with van der Waals surface area (Å²) >= 11 is 12.0. The van der Waals surface area contributed by atoms with E-state index >= 15 is 0 Å². The van der Waals surface area contributed by atoms with Crippen molar-refractivity contribution in [3.63, 3.8) is 0 Å². The molecule has 1 saturated carbocycles. The molecule has 15 heavy (non-hydrogen) atoms. The van der Waals surface area contributed by atoms with Gasteiger partial charge in [0.2, 0.25) is 0 Å². The summed E-state index contributed by atoms with van der Waals surface area (Å²) in [7, 11) is 0. The quantitative estimate of drug-likeness (QED) is 0.869. The van der Waals surface area contributed by atoms with Crippen LogP contribution in [-0.2, 0) is 5.41 Å². The van der Waals surface area contributed by atoms with Gasteiger partial charge < -0.3 is 5.73 Å². The van der Waals surface area contributed by atoms with Gasteiger partial charge in [-0.2, -0.15) is 0 Å². The van der Waals surface area contributed by atoms with Crippen molar-refractivity contribution in [2.45, 2.75) is 31.1 Å². The summed E-state index contributed by atoms with van der Waals surface area (Å²) in [5.41, 5.74) is 6.79. The normalized spacial score (nSPS) is 19.4. The fourth-order valence-electron chi connectivity index (χ4n) is 2.39. The van der Waals surface area contributed by atoms with Crippen molar-refractivity contribution >= 4 is 23.2 Å². The lowest BCUT2D eigenvalue weighted by Gasteiger charge is -2.27. The van der Waals surface area contributed by atoms with E-state index < -0.39 is 0 Å². The molecule has 0 amide bonds. The van der Waals surface area contributed by atoms with Crippen molar-refractivity contribution in [3.8, 4) is 0 Å². The third kappa shape index (κ3) is 1.99. The number of rotatable bonds is 2. The zero-order valence-electron chi connectivity index (χ0n) is 8.47. The minimum Gasteiger partial charge on any atom is -0.330 e. The van der Waals surface area contributed by atoms with Crippen LogP contribution in [0.15, 0.2) is 12.3 Å². The van der Waals surface area contributed by atoms with Gasteiger partial charge in [0.15, 0.2) is 0 Å². The van der Waals surface area contributed by atoms with Crippen LogP contribution in [0.1, 0.15) is 31.4 Å². The summed E-state index contributed by atoms with van der Waals surface area (Å²) in [6.07, 6.45) is 6.23. The molecule has 1 fully saturated rings. The Morgan fingerprint density at radius 1 is 1.33 bits per heavy atom. The second-order valence-corrected chi connectivity index (χ2v) is 5.02. The number of pyridine rings is 1. The molecule has 0 unspecified atom stereocenters. The fourth-order valence-corrected chi connectivity index (χ4v) is 2.97. The van der Waals surface area contributed by atoms with E-state index in [4.69, 9.17) is 28.9 Å². The Bertz CT molecular complexity index is 360. The highest BCUT2D eigenvalue weighted by atomic mass is 35.5. The average molecular weight is 245 g/mol. The van der Waals surface area contributed by atoms with Crippen molar-refractivity contribution in [2.24, 2.45) is 5.73 Å². The van der Waals surface area contributed by atoms with Gasteiger partial charge in [-0.25, -0.2) is 0 Å². The van der Waals surface area contributed by atoms with Gasteiger partial charge in [0.1, 0.15) is 0 Å². The predicted molar refractivity (Wildman–Crippen MR) is 63.5 cm³/mol. The lowest BCUT2D eigenvalue weighted by Crippen LogP contribution is -2.33. The summed E-state index contributed by atoms with van der Waals surface area (Å²) in [5.74, 6) is 0. The molecule has 2 rings (SSSR count). The van der Waals surface area contributed by atoms with E-state index in [0.29, 0.717) is 16.6 Å². The Morgan fingerprint density at radius 3 is 2.53 bits per heavy atom. The van der Waals surface area contributed by atoms with Crippen LogP contribution in [-0.4, -0.2) is 11.5 Å². The molecule has 82 valence electrons. The summed E-state index contributed by atoms with van der Waals surface area (Å²) in [6.45, 7) is 0.612. The Kier molecular flexibility index (Phi) is 3.19. The monoisotopic (exact) mass is 244 g/mol. The first-order valence-corrected chi connectivity index (χ1v) is 5.95. The molecular formula is C11H14Cl2N2. The molecule has 0 bridgehead atoms. The highest BCUT2D eigenvalue weighted by molar-refractivity contribution is 6.34. The molecule has 0 aromatic carbocycles. The van der Waals surface area contributed by atoms with Crippen LogP contribution < -0.4 is 5.73 Å². The highest BCUT2D eigenvalue weighted by Crippen LogP contribution is 2.42. The maximum Gasteiger partial charge on any atom is 0.0665 e. The van der Waals surface area contributed by atoms with Crippen molar-refractivity contribution in [2.75, 3.05) is 6.54 Å². The number of halogens is 2. The van der Waals surface area contributed by atoms with E-state index in [2.05, 4.69) is 4.98 Å². The third-order valence-corrected chi connectivity index (χ3v) is 3.76. The molecule has 4 heteroatoms. The number of nitrogens with zero attached hydrogens (tertiary/aromatic N) is 1. The molecule has 2 nitrogen and oxygen atoms in total. The summed E-state index contributed by atoms with van der Waals surface area (Å²) in [6, 6.07) is 1.75. The molecular weight excluding hydrogens is 231 g/mol. The highest BCUT2D eigenvalue weighted by Gasteiger charge is 2.37. The maximum absolute atomic E-state index is 6.18. The molecule has 0 radical (unpaired) electrons. The molecule has 1 aromatic heterocycles. The predicted octanol–water partition coefficient (Wildman–Crippen LogP) is 3.16. The second-order valence-electron chi connectivity index (χ2n) is 4.18. The van der Waals surface area contributed by atoms with Crippen LogP contribution in [0, 0.1) is 0 Å². The maximum atomic E-state index is 6.18. The van der Waals surface area contributed by atoms with Crippen molar-refractivity contribution < 1.29 is 0 Å². The van der Waals surface area contributed by atoms with Crippen molar-refractivity contribution in [1.82, 2.24) is 4.98 Å². The van der Waals surface area contributed by atoms with Gasteiger partial charge in [-0.15, -0.1) is 0 Å². The summed E-state index contributed by atoms with van der Waals surface area (Å²) in [5, 5.41) is 1.23. The van der Waals surface area contributed by atoms with Crippen LogP contribution in [0.25, 0.3) is 0 Å². The fraction of sp³-hybridized carbons (Fsp3) is 0.545. The van der Waals surface area contributed by atoms with Gasteiger partial charge in [0.25, 0.3) is 0 Å². The lowest BCUT2D eigenvalue weighted by atomic mass is 9.82. The minimum atomic E-state index is -0.0122. The molecule has 2 N–H and O–H groups in total. The molecule has 0 aliphatic heterocycles. The van der Waals surface area contributed by atoms with E-state index in [1.807, 2.05) is 0 Å². The molecule has 0 saturated heterocycles. The molecule has 1 aliphatic rings. The van der Waals surface area contributed by atoms with Crippen LogP contribution in [0.2, 0.25) is 10.0 Å². The second kappa shape index (κ2) is 4.28. The SMILES string of the molecule is NCC1(c2ncc(Cl)cc2Cl)CCCC1. The van der Waals surface area contributed by atoms with Gasteiger partial charge >= 0.3 is 0 Å². The van der Waals surface area contributed by atoms with Gasteiger partial charge in [-0.1, -0.05) is 36.0 Å². The summed E-state index contributed by atoms with van der Waals surface area (Å²) in [4.78, 5) is 4.36. The van der Waals surface area contributed by atoms with Gasteiger partial charge in [0, 0.05) is 18.2 Å². The van der Waals surface area contributed by atoms with Crippen LogP contribution >= 0.6 is 23.2 Å². The minimum absolute atomic E-state index is 0.0122. The Balaban J connectivity index is 2.42. The van der Waals surface area contributed by atoms with Crippen LogP contribution in [0.3, 0.4) is 0 Å². The molecule has 1 aromatic rings. The average Bonchev–Trinajstić information content (AvgIpc) is 2.67. The Labute approximate surface area is 99.8 Å². The summed E-state index contributed by atoms with van der Waals surface area (Å²) < 4.78 is 0.